The molecule has 0 spiro atoms. The summed E-state index contributed by atoms with van der Waals surface area (Å²) in [6, 6.07) is 0.275. The van der Waals surface area contributed by atoms with Crippen LogP contribution in [0.4, 0.5) is 0 Å². The summed E-state index contributed by atoms with van der Waals surface area (Å²) < 4.78 is 1.86. The van der Waals surface area contributed by atoms with E-state index in [1.807, 2.05) is 25.0 Å². The SMILES string of the molecule is CCCC1(C)CCCN(C(=NC)NCC(c2cnn(C)c2)N(C)C)C1. The van der Waals surface area contributed by atoms with Gasteiger partial charge in [-0.25, -0.2) is 0 Å². The minimum Gasteiger partial charge on any atom is -0.354 e. The van der Waals surface area contributed by atoms with E-state index in [1.54, 1.807) is 0 Å². The van der Waals surface area contributed by atoms with E-state index in [0.29, 0.717) is 5.41 Å². The number of likely N-dealkylation sites (tertiary alicyclic amines) is 1. The van der Waals surface area contributed by atoms with Crippen LogP contribution in [0.5, 0.6) is 0 Å². The first-order valence-electron chi connectivity index (χ1n) is 9.49. The van der Waals surface area contributed by atoms with E-state index in [0.717, 1.165) is 25.6 Å². The Kier molecular flexibility index (Phi) is 6.87. The number of hydrogen-bond acceptors (Lipinski definition) is 3. The van der Waals surface area contributed by atoms with Gasteiger partial charge in [0, 0.05) is 45.5 Å². The van der Waals surface area contributed by atoms with Crippen LogP contribution in [0.3, 0.4) is 0 Å². The molecule has 2 heterocycles. The van der Waals surface area contributed by atoms with E-state index in [-0.39, 0.29) is 6.04 Å². The smallest absolute Gasteiger partial charge is 0.193 e. The zero-order valence-corrected chi connectivity index (χ0v) is 16.9. The van der Waals surface area contributed by atoms with Crippen molar-refractivity contribution >= 4 is 5.96 Å². The number of nitrogens with one attached hydrogen (secondary N) is 1. The molecule has 25 heavy (non-hydrogen) atoms. The van der Waals surface area contributed by atoms with Crippen LogP contribution >= 0.6 is 0 Å². The molecule has 6 nitrogen and oxygen atoms in total. The summed E-state index contributed by atoms with van der Waals surface area (Å²) >= 11 is 0. The van der Waals surface area contributed by atoms with E-state index >= 15 is 0 Å². The molecule has 1 fully saturated rings. The van der Waals surface area contributed by atoms with Gasteiger partial charge in [-0.1, -0.05) is 20.3 Å². The Balaban J connectivity index is 2.01. The van der Waals surface area contributed by atoms with E-state index in [4.69, 9.17) is 0 Å². The third kappa shape index (κ3) is 5.21. The van der Waals surface area contributed by atoms with Crippen molar-refractivity contribution in [3.63, 3.8) is 0 Å². The molecule has 0 aliphatic carbocycles. The molecule has 1 aliphatic heterocycles. The molecule has 1 aromatic heterocycles. The number of nitrogens with zero attached hydrogens (tertiary/aromatic N) is 5. The van der Waals surface area contributed by atoms with Gasteiger partial charge in [0.25, 0.3) is 0 Å². The second-order valence-corrected chi connectivity index (χ2v) is 7.94. The molecule has 0 aromatic carbocycles. The number of aryl methyl sites for hydroxylation is 1. The fourth-order valence-electron chi connectivity index (χ4n) is 4.04. The minimum absolute atomic E-state index is 0.275. The molecule has 0 amide bonds. The number of aliphatic imine (C=N–C) groups is 1. The fourth-order valence-corrected chi connectivity index (χ4v) is 4.04. The molecule has 1 aliphatic rings. The zero-order chi connectivity index (χ0) is 18.4. The zero-order valence-electron chi connectivity index (χ0n) is 16.9. The summed E-state index contributed by atoms with van der Waals surface area (Å²) in [4.78, 5) is 9.23. The Morgan fingerprint density at radius 2 is 2.24 bits per heavy atom. The number of piperidine rings is 1. The molecular formula is C19H36N6. The molecule has 6 heteroatoms. The summed E-state index contributed by atoms with van der Waals surface area (Å²) in [6.45, 7) is 7.73. The van der Waals surface area contributed by atoms with Gasteiger partial charge >= 0.3 is 0 Å². The molecule has 1 saturated heterocycles. The number of guanidine groups is 1. The molecule has 142 valence electrons. The van der Waals surface area contributed by atoms with Crippen LogP contribution in [0.2, 0.25) is 0 Å². The lowest BCUT2D eigenvalue weighted by Crippen LogP contribution is -2.51. The maximum Gasteiger partial charge on any atom is 0.193 e. The van der Waals surface area contributed by atoms with Crippen LogP contribution in [0.25, 0.3) is 0 Å². The van der Waals surface area contributed by atoms with Crippen molar-refractivity contribution in [3.8, 4) is 0 Å². The first-order chi connectivity index (χ1) is 11.9. The molecule has 1 N–H and O–H groups in total. The number of likely N-dealkylation sites (N-methyl/N-ethyl adjacent to an activating group) is 1. The monoisotopic (exact) mass is 348 g/mol. The lowest BCUT2D eigenvalue weighted by molar-refractivity contribution is 0.142. The van der Waals surface area contributed by atoms with Crippen molar-refractivity contribution in [2.75, 3.05) is 40.8 Å². The van der Waals surface area contributed by atoms with Crippen molar-refractivity contribution in [1.29, 1.82) is 0 Å². The Bertz CT molecular complexity index is 560. The van der Waals surface area contributed by atoms with Gasteiger partial charge in [-0.3, -0.25) is 9.67 Å². The maximum atomic E-state index is 4.56. The molecule has 0 saturated carbocycles. The van der Waals surface area contributed by atoms with Crippen molar-refractivity contribution in [1.82, 2.24) is 24.9 Å². The topological polar surface area (TPSA) is 48.7 Å². The van der Waals surface area contributed by atoms with Crippen LogP contribution in [0, 0.1) is 5.41 Å². The second-order valence-electron chi connectivity index (χ2n) is 7.94. The lowest BCUT2D eigenvalue weighted by Gasteiger charge is -2.42. The summed E-state index contributed by atoms with van der Waals surface area (Å²) in [5.41, 5.74) is 1.64. The second kappa shape index (κ2) is 8.70. The van der Waals surface area contributed by atoms with E-state index in [9.17, 15) is 0 Å². The van der Waals surface area contributed by atoms with Gasteiger partial charge in [0.1, 0.15) is 0 Å². The molecule has 0 radical (unpaired) electrons. The molecule has 2 atom stereocenters. The predicted octanol–water partition coefficient (Wildman–Crippen LogP) is 2.50. The normalized spacial score (nSPS) is 23.2. The van der Waals surface area contributed by atoms with Crippen LogP contribution in [-0.4, -0.2) is 66.3 Å². The largest absolute Gasteiger partial charge is 0.354 e. The highest BCUT2D eigenvalue weighted by atomic mass is 15.3. The summed E-state index contributed by atoms with van der Waals surface area (Å²) in [7, 11) is 8.08. The van der Waals surface area contributed by atoms with Crippen molar-refractivity contribution < 1.29 is 0 Å². The Morgan fingerprint density at radius 1 is 1.48 bits per heavy atom. The third-order valence-electron chi connectivity index (χ3n) is 5.33. The van der Waals surface area contributed by atoms with Crippen molar-refractivity contribution in [2.45, 2.75) is 45.6 Å². The summed E-state index contributed by atoms with van der Waals surface area (Å²) in [6.07, 6.45) is 9.15. The van der Waals surface area contributed by atoms with Gasteiger partial charge in [0.15, 0.2) is 5.96 Å². The van der Waals surface area contributed by atoms with Gasteiger partial charge in [0.2, 0.25) is 0 Å². The van der Waals surface area contributed by atoms with E-state index in [1.165, 1.54) is 31.2 Å². The molecule has 2 unspecified atom stereocenters. The van der Waals surface area contributed by atoms with Gasteiger partial charge in [-0.2, -0.15) is 5.10 Å². The first-order valence-corrected chi connectivity index (χ1v) is 9.49. The minimum atomic E-state index is 0.275. The number of hydrogen-bond donors (Lipinski definition) is 1. The molecule has 2 rings (SSSR count). The first kappa shape index (κ1) is 19.8. The Labute approximate surface area is 153 Å². The summed E-state index contributed by atoms with van der Waals surface area (Å²) in [5, 5.41) is 7.92. The van der Waals surface area contributed by atoms with Gasteiger partial charge in [-0.05, 0) is 38.8 Å². The average molecular weight is 349 g/mol. The quantitative estimate of drug-likeness (QED) is 0.634. The standard InChI is InChI=1S/C19H36N6/c1-7-9-19(2)10-8-11-25(15-19)18(20-3)21-13-17(23(4)5)16-12-22-24(6)14-16/h12,14,17H,7-11,13,15H2,1-6H3,(H,20,21). The summed E-state index contributed by atoms with van der Waals surface area (Å²) in [5.74, 6) is 1.03. The van der Waals surface area contributed by atoms with Crippen LogP contribution in [0.1, 0.15) is 51.1 Å². The highest BCUT2D eigenvalue weighted by Crippen LogP contribution is 2.33. The highest BCUT2D eigenvalue weighted by molar-refractivity contribution is 5.80. The maximum absolute atomic E-state index is 4.56. The van der Waals surface area contributed by atoms with Crippen molar-refractivity contribution in [2.24, 2.45) is 17.5 Å². The van der Waals surface area contributed by atoms with Gasteiger partial charge in [-0.15, -0.1) is 0 Å². The predicted molar refractivity (Wildman–Crippen MR) is 105 cm³/mol. The van der Waals surface area contributed by atoms with E-state index in [2.05, 4.69) is 59.3 Å². The molecular weight excluding hydrogens is 312 g/mol. The van der Waals surface area contributed by atoms with Gasteiger partial charge < -0.3 is 15.1 Å². The van der Waals surface area contributed by atoms with E-state index < -0.39 is 0 Å². The fraction of sp³-hybridized carbons (Fsp3) is 0.789. The van der Waals surface area contributed by atoms with Crippen LogP contribution in [-0.2, 0) is 7.05 Å². The van der Waals surface area contributed by atoms with Crippen LogP contribution < -0.4 is 5.32 Å². The van der Waals surface area contributed by atoms with Gasteiger partial charge in [0.05, 0.1) is 12.2 Å². The van der Waals surface area contributed by atoms with Crippen LogP contribution in [0.15, 0.2) is 17.4 Å². The Hall–Kier alpha value is -1.56. The molecule has 1 aromatic rings. The highest BCUT2D eigenvalue weighted by Gasteiger charge is 2.31. The lowest BCUT2D eigenvalue weighted by atomic mass is 9.78. The van der Waals surface area contributed by atoms with Crippen molar-refractivity contribution in [3.05, 3.63) is 18.0 Å². The Morgan fingerprint density at radius 3 is 2.80 bits per heavy atom. The number of rotatable bonds is 6. The average Bonchev–Trinajstić information content (AvgIpc) is 2.97. The third-order valence-corrected chi connectivity index (χ3v) is 5.33. The molecule has 0 bridgehead atoms. The number of aromatic nitrogens is 2.